The summed E-state index contributed by atoms with van der Waals surface area (Å²) in [5.74, 6) is -0.288. The van der Waals surface area contributed by atoms with Crippen molar-refractivity contribution in [2.24, 2.45) is 0 Å². The third kappa shape index (κ3) is 4.29. The van der Waals surface area contributed by atoms with Crippen molar-refractivity contribution < 1.29 is 14.6 Å². The van der Waals surface area contributed by atoms with E-state index in [4.69, 9.17) is 9.84 Å². The van der Waals surface area contributed by atoms with Crippen LogP contribution >= 0.6 is 10.9 Å². The van der Waals surface area contributed by atoms with Crippen LogP contribution in [0.3, 0.4) is 0 Å². The molecule has 0 radical (unpaired) electrons. The maximum atomic E-state index is 10.4. The van der Waals surface area contributed by atoms with Crippen molar-refractivity contribution in [1.29, 1.82) is 0 Å². The van der Waals surface area contributed by atoms with E-state index in [1.165, 1.54) is 4.91 Å². The summed E-state index contributed by atoms with van der Waals surface area (Å²) in [6.07, 6.45) is 5.49. The van der Waals surface area contributed by atoms with Gasteiger partial charge in [-0.1, -0.05) is 0 Å². The number of carboxylic acid groups (broad SMARTS) is 1. The largest absolute Gasteiger partial charge is 0.481 e. The molecule has 1 aliphatic heterocycles. The Hall–Kier alpha value is -1.47. The summed E-state index contributed by atoms with van der Waals surface area (Å²) in [5.41, 5.74) is 0. The molecule has 1 unspecified atom stereocenters. The van der Waals surface area contributed by atoms with Gasteiger partial charge in [0, 0.05) is 17.3 Å². The van der Waals surface area contributed by atoms with Gasteiger partial charge in [0.05, 0.1) is 13.2 Å². The van der Waals surface area contributed by atoms with Gasteiger partial charge >= 0.3 is 5.97 Å². The number of carboxylic acids is 1. The summed E-state index contributed by atoms with van der Waals surface area (Å²) in [5, 5.41) is 8.52. The van der Waals surface area contributed by atoms with Gasteiger partial charge in [-0.2, -0.15) is 0 Å². The number of carbonyl (C=O) groups is 1. The molecule has 1 N–H and O–H groups in total. The monoisotopic (exact) mass is 284 g/mol. The van der Waals surface area contributed by atoms with Crippen LogP contribution in [0.4, 0.5) is 0 Å². The van der Waals surface area contributed by atoms with E-state index in [9.17, 15) is 4.79 Å². The van der Waals surface area contributed by atoms with Crippen LogP contribution in [0.2, 0.25) is 0 Å². The Morgan fingerprint density at radius 3 is 3.21 bits per heavy atom. The first-order valence-electron chi connectivity index (χ1n) is 6.24. The molecule has 0 fully saturated rings. The van der Waals surface area contributed by atoms with E-state index in [0.29, 0.717) is 18.9 Å². The fourth-order valence-corrected chi connectivity index (χ4v) is 3.17. The van der Waals surface area contributed by atoms with Gasteiger partial charge in [-0.15, -0.1) is 0 Å². The maximum Gasteiger partial charge on any atom is 0.303 e. The Morgan fingerprint density at radius 2 is 2.47 bits per heavy atom. The Balaban J connectivity index is 1.85. The summed E-state index contributed by atoms with van der Waals surface area (Å²) < 4.78 is 14.2. The second-order valence-electron chi connectivity index (χ2n) is 4.47. The van der Waals surface area contributed by atoms with E-state index in [2.05, 4.69) is 26.8 Å². The molecule has 6 nitrogen and oxygen atoms in total. The Morgan fingerprint density at radius 1 is 1.63 bits per heavy atom. The lowest BCUT2D eigenvalue weighted by molar-refractivity contribution is -0.137. The van der Waals surface area contributed by atoms with Crippen molar-refractivity contribution in [1.82, 2.24) is 13.6 Å². The topological polar surface area (TPSA) is 75.6 Å². The third-order valence-corrected chi connectivity index (χ3v) is 4.19. The van der Waals surface area contributed by atoms with Gasteiger partial charge in [0.15, 0.2) is 6.20 Å². The van der Waals surface area contributed by atoms with Gasteiger partial charge in [-0.05, 0) is 30.3 Å². The molecular formula is C12H18N3O3S+. The van der Waals surface area contributed by atoms with E-state index in [1.807, 2.05) is 0 Å². The van der Waals surface area contributed by atoms with Crippen LogP contribution in [0.15, 0.2) is 12.3 Å². The average Bonchev–Trinajstić information content (AvgIpc) is 2.83. The Bertz CT molecular complexity index is 473. The second-order valence-corrected chi connectivity index (χ2v) is 5.92. The highest BCUT2D eigenvalue weighted by Crippen LogP contribution is 2.29. The molecule has 0 bridgehead atoms. The molecule has 1 aliphatic rings. The summed E-state index contributed by atoms with van der Waals surface area (Å²) in [6.45, 7) is 2.34. The standard InChI is InChI=1S/C12H17N3O3S/c1-15-6-2-4-10(9-15)19-13-8-11(14-19)18-7-3-5-12(16)17/h4,8H,2-3,5-7,9H2,1H3/p+1. The molecule has 0 aliphatic carbocycles. The van der Waals surface area contributed by atoms with Gasteiger partial charge in [0.1, 0.15) is 0 Å². The molecule has 1 aromatic rings. The number of ether oxygens (including phenoxy) is 1. The lowest BCUT2D eigenvalue weighted by Gasteiger charge is -2.16. The lowest BCUT2D eigenvalue weighted by atomic mass is 10.3. The minimum atomic E-state index is -0.805. The molecule has 19 heavy (non-hydrogen) atoms. The van der Waals surface area contributed by atoms with Gasteiger partial charge < -0.3 is 9.84 Å². The van der Waals surface area contributed by atoms with Crippen LogP contribution in [0.25, 0.3) is 4.91 Å². The number of aliphatic carboxylic acids is 1. The first-order chi connectivity index (χ1) is 9.15. The highest BCUT2D eigenvalue weighted by Gasteiger charge is 2.24. The predicted octanol–water partition coefficient (Wildman–Crippen LogP) is 1.65. The van der Waals surface area contributed by atoms with Gasteiger partial charge in [-0.25, -0.2) is 0 Å². The van der Waals surface area contributed by atoms with Crippen LogP contribution in [0, 0.1) is 0 Å². The molecule has 0 saturated heterocycles. The Labute approximate surface area is 115 Å². The lowest BCUT2D eigenvalue weighted by Crippen LogP contribution is -2.24. The average molecular weight is 284 g/mol. The number of likely N-dealkylation sites (N-methyl/N-ethyl adjacent to an activating group) is 1. The zero-order valence-corrected chi connectivity index (χ0v) is 11.7. The smallest absolute Gasteiger partial charge is 0.303 e. The predicted molar refractivity (Wildman–Crippen MR) is 73.3 cm³/mol. The van der Waals surface area contributed by atoms with Gasteiger partial charge in [0.25, 0.3) is 5.88 Å². The molecule has 1 aromatic heterocycles. The van der Waals surface area contributed by atoms with Crippen molar-refractivity contribution in [2.45, 2.75) is 19.3 Å². The quantitative estimate of drug-likeness (QED) is 0.632. The highest BCUT2D eigenvalue weighted by molar-refractivity contribution is 7.34. The first-order valence-corrected chi connectivity index (χ1v) is 7.38. The summed E-state index contributed by atoms with van der Waals surface area (Å²) in [7, 11) is 1.64. The molecule has 7 heteroatoms. The molecule has 0 amide bonds. The highest BCUT2D eigenvalue weighted by atomic mass is 32.2. The van der Waals surface area contributed by atoms with Gasteiger partial charge in [0.2, 0.25) is 15.8 Å². The van der Waals surface area contributed by atoms with Gasteiger partial charge in [-0.3, -0.25) is 9.69 Å². The summed E-state index contributed by atoms with van der Waals surface area (Å²) in [4.78, 5) is 13.8. The van der Waals surface area contributed by atoms with Crippen molar-refractivity contribution in [2.75, 3.05) is 26.7 Å². The third-order valence-electron chi connectivity index (χ3n) is 2.77. The van der Waals surface area contributed by atoms with E-state index >= 15 is 0 Å². The Kier molecular flexibility index (Phi) is 4.86. The maximum absolute atomic E-state index is 10.4. The number of rotatable bonds is 6. The zero-order valence-electron chi connectivity index (χ0n) is 10.9. The molecular weight excluding hydrogens is 266 g/mol. The van der Waals surface area contributed by atoms with Crippen molar-refractivity contribution in [3.63, 3.8) is 0 Å². The number of hydrogen-bond acceptors (Lipinski definition) is 5. The van der Waals surface area contributed by atoms with E-state index in [0.717, 1.165) is 19.5 Å². The molecule has 104 valence electrons. The van der Waals surface area contributed by atoms with E-state index < -0.39 is 16.8 Å². The SMILES string of the molecule is CN1CCC=C([s+]2ncc(OCCCC(=O)O)n2)C1. The molecule has 0 saturated carbocycles. The molecule has 1 atom stereocenters. The number of hydrogen-bond donors (Lipinski definition) is 1. The molecule has 2 heterocycles. The summed E-state index contributed by atoms with van der Waals surface area (Å²) in [6, 6.07) is 0. The van der Waals surface area contributed by atoms with E-state index in [1.54, 1.807) is 6.20 Å². The molecule has 0 aromatic carbocycles. The normalized spacial score (nSPS) is 17.1. The zero-order chi connectivity index (χ0) is 13.7. The second kappa shape index (κ2) is 6.63. The van der Waals surface area contributed by atoms with Crippen LogP contribution in [0.1, 0.15) is 19.3 Å². The fourth-order valence-electron chi connectivity index (χ4n) is 1.81. The first kappa shape index (κ1) is 14.0. The minimum Gasteiger partial charge on any atom is -0.481 e. The van der Waals surface area contributed by atoms with Crippen LogP contribution in [0.5, 0.6) is 5.88 Å². The van der Waals surface area contributed by atoms with Crippen molar-refractivity contribution in [3.05, 3.63) is 12.3 Å². The van der Waals surface area contributed by atoms with Crippen LogP contribution < -0.4 is 4.74 Å². The van der Waals surface area contributed by atoms with Crippen molar-refractivity contribution >= 4 is 21.7 Å². The van der Waals surface area contributed by atoms with Crippen LogP contribution in [-0.4, -0.2) is 51.5 Å². The fraction of sp³-hybridized carbons (Fsp3) is 0.583. The minimum absolute atomic E-state index is 0.117. The number of nitrogens with zero attached hydrogens (tertiary/aromatic N) is 3. The molecule has 0 spiro atoms. The molecule has 2 rings (SSSR count). The van der Waals surface area contributed by atoms with E-state index in [-0.39, 0.29) is 6.42 Å². The summed E-state index contributed by atoms with van der Waals surface area (Å²) >= 11 is 0. The number of aromatic nitrogens is 2. The van der Waals surface area contributed by atoms with Crippen molar-refractivity contribution in [3.8, 4) is 5.88 Å². The van der Waals surface area contributed by atoms with Crippen LogP contribution in [-0.2, 0) is 4.79 Å².